The van der Waals surface area contributed by atoms with Gasteiger partial charge in [0.15, 0.2) is 5.96 Å². The zero-order valence-electron chi connectivity index (χ0n) is 13.2. The number of likely N-dealkylation sites (tertiary alicyclic amines) is 1. The number of nitrogens with one attached hydrogen (secondary N) is 2. The zero-order chi connectivity index (χ0) is 13.7. The molecule has 0 spiro atoms. The van der Waals surface area contributed by atoms with E-state index in [0.717, 1.165) is 25.0 Å². The van der Waals surface area contributed by atoms with Gasteiger partial charge in [0.05, 0.1) is 0 Å². The van der Waals surface area contributed by atoms with E-state index in [1.54, 1.807) is 0 Å². The molecule has 0 unspecified atom stereocenters. The standard InChI is InChI=1S/C15H30N4.HI/c1-15(2,19-9-5-4-6-10-19)12-18-14(16-3)17-11-13-7-8-13;/h13H,4-12H2,1-3H3,(H2,16,17,18);1H. The molecule has 0 aromatic heterocycles. The van der Waals surface area contributed by atoms with Gasteiger partial charge < -0.3 is 10.6 Å². The Bertz CT molecular complexity index is 307. The second kappa shape index (κ2) is 8.41. The molecule has 1 saturated heterocycles. The first kappa shape index (κ1) is 18.0. The van der Waals surface area contributed by atoms with Crippen LogP contribution in [0, 0.1) is 5.92 Å². The van der Waals surface area contributed by atoms with Gasteiger partial charge >= 0.3 is 0 Å². The van der Waals surface area contributed by atoms with Crippen molar-refractivity contribution in [2.24, 2.45) is 10.9 Å². The molecule has 0 aromatic carbocycles. The van der Waals surface area contributed by atoms with Crippen LogP contribution in [0.5, 0.6) is 0 Å². The highest BCUT2D eigenvalue weighted by atomic mass is 127. The van der Waals surface area contributed by atoms with Crippen molar-refractivity contribution in [2.45, 2.75) is 51.5 Å². The molecule has 1 heterocycles. The Morgan fingerprint density at radius 1 is 1.15 bits per heavy atom. The maximum absolute atomic E-state index is 4.31. The lowest BCUT2D eigenvalue weighted by molar-refractivity contribution is 0.0982. The summed E-state index contributed by atoms with van der Waals surface area (Å²) in [6.07, 6.45) is 6.84. The van der Waals surface area contributed by atoms with Crippen molar-refractivity contribution in [1.29, 1.82) is 0 Å². The van der Waals surface area contributed by atoms with Gasteiger partial charge in [-0.3, -0.25) is 9.89 Å². The van der Waals surface area contributed by atoms with E-state index in [0.29, 0.717) is 0 Å². The first-order valence-corrected chi connectivity index (χ1v) is 7.81. The fourth-order valence-corrected chi connectivity index (χ4v) is 2.69. The first-order valence-electron chi connectivity index (χ1n) is 7.81. The van der Waals surface area contributed by atoms with Crippen LogP contribution in [-0.2, 0) is 0 Å². The summed E-state index contributed by atoms with van der Waals surface area (Å²) in [5, 5.41) is 6.91. The van der Waals surface area contributed by atoms with Crippen LogP contribution in [-0.4, -0.2) is 49.6 Å². The first-order chi connectivity index (χ1) is 9.12. The predicted molar refractivity (Wildman–Crippen MR) is 97.0 cm³/mol. The third kappa shape index (κ3) is 5.76. The van der Waals surface area contributed by atoms with E-state index >= 15 is 0 Å². The van der Waals surface area contributed by atoms with Gasteiger partial charge in [-0.2, -0.15) is 0 Å². The molecule has 0 aromatic rings. The highest BCUT2D eigenvalue weighted by Crippen LogP contribution is 2.27. The van der Waals surface area contributed by atoms with Gasteiger partial charge in [0, 0.05) is 25.7 Å². The van der Waals surface area contributed by atoms with Crippen molar-refractivity contribution in [3.05, 3.63) is 0 Å². The summed E-state index contributed by atoms with van der Waals surface area (Å²) in [6.45, 7) is 9.17. The van der Waals surface area contributed by atoms with E-state index in [4.69, 9.17) is 0 Å². The Labute approximate surface area is 141 Å². The van der Waals surface area contributed by atoms with Crippen molar-refractivity contribution >= 4 is 29.9 Å². The van der Waals surface area contributed by atoms with Gasteiger partial charge in [0.2, 0.25) is 0 Å². The van der Waals surface area contributed by atoms with Crippen LogP contribution in [0.25, 0.3) is 0 Å². The molecule has 2 fully saturated rings. The quantitative estimate of drug-likeness (QED) is 0.428. The molecule has 2 aliphatic rings. The maximum Gasteiger partial charge on any atom is 0.191 e. The van der Waals surface area contributed by atoms with E-state index in [1.807, 2.05) is 7.05 Å². The van der Waals surface area contributed by atoms with Crippen molar-refractivity contribution < 1.29 is 0 Å². The molecule has 0 atom stereocenters. The molecule has 20 heavy (non-hydrogen) atoms. The minimum absolute atomic E-state index is 0. The Morgan fingerprint density at radius 2 is 1.80 bits per heavy atom. The van der Waals surface area contributed by atoms with Gasteiger partial charge in [0.1, 0.15) is 0 Å². The number of hydrogen-bond donors (Lipinski definition) is 2. The molecule has 0 bridgehead atoms. The molecule has 2 rings (SSSR count). The Morgan fingerprint density at radius 3 is 2.35 bits per heavy atom. The molecule has 2 N–H and O–H groups in total. The fraction of sp³-hybridized carbons (Fsp3) is 0.933. The van der Waals surface area contributed by atoms with Crippen LogP contribution in [0.2, 0.25) is 0 Å². The third-order valence-electron chi connectivity index (χ3n) is 4.38. The average molecular weight is 394 g/mol. The summed E-state index contributed by atoms with van der Waals surface area (Å²) in [6, 6.07) is 0. The molecule has 5 heteroatoms. The van der Waals surface area contributed by atoms with Crippen molar-refractivity contribution in [3.63, 3.8) is 0 Å². The van der Waals surface area contributed by atoms with Crippen LogP contribution in [0.3, 0.4) is 0 Å². The van der Waals surface area contributed by atoms with Crippen LogP contribution < -0.4 is 10.6 Å². The molecule has 1 saturated carbocycles. The smallest absolute Gasteiger partial charge is 0.191 e. The van der Waals surface area contributed by atoms with Gasteiger partial charge in [-0.25, -0.2) is 0 Å². The number of hydrogen-bond acceptors (Lipinski definition) is 2. The SMILES string of the molecule is CN=C(NCC1CC1)NCC(C)(C)N1CCCCC1.I. The monoisotopic (exact) mass is 394 g/mol. The van der Waals surface area contributed by atoms with E-state index in [1.165, 1.54) is 45.2 Å². The van der Waals surface area contributed by atoms with Crippen molar-refractivity contribution in [2.75, 3.05) is 33.2 Å². The summed E-state index contributed by atoms with van der Waals surface area (Å²) in [5.74, 6) is 1.84. The lowest BCUT2D eigenvalue weighted by atomic mass is 9.98. The Kier molecular flexibility index (Phi) is 7.58. The summed E-state index contributed by atoms with van der Waals surface area (Å²) in [7, 11) is 1.86. The molecule has 0 radical (unpaired) electrons. The van der Waals surface area contributed by atoms with E-state index in [2.05, 4.69) is 34.4 Å². The molecule has 0 amide bonds. The second-order valence-corrected chi connectivity index (χ2v) is 6.61. The highest BCUT2D eigenvalue weighted by Gasteiger charge is 2.28. The van der Waals surface area contributed by atoms with Crippen molar-refractivity contribution in [1.82, 2.24) is 15.5 Å². The molecular weight excluding hydrogens is 363 g/mol. The van der Waals surface area contributed by atoms with Gasteiger partial charge in [-0.1, -0.05) is 6.42 Å². The van der Waals surface area contributed by atoms with E-state index < -0.39 is 0 Å². The number of nitrogens with zero attached hydrogens (tertiary/aromatic N) is 2. The molecule has 118 valence electrons. The van der Waals surface area contributed by atoms with Crippen LogP contribution in [0.1, 0.15) is 46.0 Å². The zero-order valence-corrected chi connectivity index (χ0v) is 15.6. The maximum atomic E-state index is 4.31. The molecular formula is C15H31IN4. The van der Waals surface area contributed by atoms with Gasteiger partial charge in [0.25, 0.3) is 0 Å². The number of aliphatic imine (C=N–C) groups is 1. The topological polar surface area (TPSA) is 39.7 Å². The summed E-state index contributed by atoms with van der Waals surface area (Å²) in [5.41, 5.74) is 0.206. The summed E-state index contributed by atoms with van der Waals surface area (Å²) < 4.78 is 0. The Hall–Kier alpha value is -0.0400. The second-order valence-electron chi connectivity index (χ2n) is 6.61. The van der Waals surface area contributed by atoms with E-state index in [9.17, 15) is 0 Å². The number of piperidine rings is 1. The Balaban J connectivity index is 0.00000200. The minimum Gasteiger partial charge on any atom is -0.356 e. The number of guanidine groups is 1. The normalized spacial score (nSPS) is 21.2. The van der Waals surface area contributed by atoms with Crippen LogP contribution >= 0.6 is 24.0 Å². The number of rotatable bonds is 5. The van der Waals surface area contributed by atoms with Gasteiger partial charge in [-0.05, 0) is 58.5 Å². The summed E-state index contributed by atoms with van der Waals surface area (Å²) in [4.78, 5) is 6.92. The number of halogens is 1. The molecule has 4 nitrogen and oxygen atoms in total. The average Bonchev–Trinajstić information content (AvgIpc) is 3.24. The molecule has 1 aliphatic carbocycles. The fourth-order valence-electron chi connectivity index (χ4n) is 2.69. The molecule has 1 aliphatic heterocycles. The summed E-state index contributed by atoms with van der Waals surface area (Å²) >= 11 is 0. The lowest BCUT2D eigenvalue weighted by Crippen LogP contribution is -2.55. The predicted octanol–water partition coefficient (Wildman–Crippen LogP) is 2.44. The largest absolute Gasteiger partial charge is 0.356 e. The highest BCUT2D eigenvalue weighted by molar-refractivity contribution is 14.0. The van der Waals surface area contributed by atoms with E-state index in [-0.39, 0.29) is 29.5 Å². The lowest BCUT2D eigenvalue weighted by Gasteiger charge is -2.41. The van der Waals surface area contributed by atoms with Gasteiger partial charge in [-0.15, -0.1) is 24.0 Å². The van der Waals surface area contributed by atoms with Crippen LogP contribution in [0.4, 0.5) is 0 Å². The minimum atomic E-state index is 0. The van der Waals surface area contributed by atoms with Crippen molar-refractivity contribution in [3.8, 4) is 0 Å². The third-order valence-corrected chi connectivity index (χ3v) is 4.38. The van der Waals surface area contributed by atoms with Crippen LogP contribution in [0.15, 0.2) is 4.99 Å².